The number of nitrogens with zero attached hydrogens (tertiary/aromatic N) is 3. The van der Waals surface area contributed by atoms with E-state index in [1.165, 1.54) is 23.8 Å². The summed E-state index contributed by atoms with van der Waals surface area (Å²) < 4.78 is 10.7. The highest BCUT2D eigenvalue weighted by Gasteiger charge is 2.43. The smallest absolute Gasteiger partial charge is 0.332 e. The zero-order valence-electron chi connectivity index (χ0n) is 18.3. The van der Waals surface area contributed by atoms with Gasteiger partial charge in [-0.25, -0.2) is 4.79 Å². The molecule has 0 radical (unpaired) electrons. The number of carbonyl (C=O) groups is 1. The summed E-state index contributed by atoms with van der Waals surface area (Å²) in [5, 5.41) is 17.9. The van der Waals surface area contributed by atoms with Gasteiger partial charge in [-0.2, -0.15) is 5.10 Å². The van der Waals surface area contributed by atoms with Crippen LogP contribution in [0.3, 0.4) is 0 Å². The molecule has 0 N–H and O–H groups in total. The van der Waals surface area contributed by atoms with Crippen molar-refractivity contribution in [1.82, 2.24) is 5.01 Å². The molecule has 4 rings (SSSR count). The number of ether oxygens (including phenoxy) is 2. The highest BCUT2D eigenvalue weighted by molar-refractivity contribution is 6.08. The summed E-state index contributed by atoms with van der Waals surface area (Å²) in [5.41, 5.74) is 4.65. The lowest BCUT2D eigenvalue weighted by Crippen LogP contribution is -2.28. The van der Waals surface area contributed by atoms with Crippen LogP contribution in [0.15, 0.2) is 59.3 Å². The van der Waals surface area contributed by atoms with Gasteiger partial charge < -0.3 is 9.47 Å². The van der Waals surface area contributed by atoms with Crippen LogP contribution in [0.5, 0.6) is 5.75 Å². The maximum absolute atomic E-state index is 12.1. The zero-order valence-corrected chi connectivity index (χ0v) is 18.3. The van der Waals surface area contributed by atoms with Crippen LogP contribution in [0.25, 0.3) is 0 Å². The van der Waals surface area contributed by atoms with Crippen LogP contribution in [-0.2, 0) is 16.0 Å². The van der Waals surface area contributed by atoms with Gasteiger partial charge in [-0.3, -0.25) is 15.1 Å². The third-order valence-electron chi connectivity index (χ3n) is 5.94. The molecule has 2 aromatic carbocycles. The number of hydrogen-bond donors (Lipinski definition) is 0. The number of fused-ring (bicyclic) bond motifs is 3. The summed E-state index contributed by atoms with van der Waals surface area (Å²) in [6.45, 7) is 3.87. The Morgan fingerprint density at radius 1 is 1.28 bits per heavy atom. The van der Waals surface area contributed by atoms with Gasteiger partial charge in [-0.15, -0.1) is 0 Å². The van der Waals surface area contributed by atoms with Crippen LogP contribution in [0, 0.1) is 16.0 Å². The second kappa shape index (κ2) is 8.82. The van der Waals surface area contributed by atoms with Crippen LogP contribution in [0.4, 0.5) is 5.69 Å². The second-order valence-corrected chi connectivity index (χ2v) is 7.80. The Labute approximate surface area is 186 Å². The number of nitro benzene ring substituents is 1. The quantitative estimate of drug-likeness (QED) is 0.289. The molecule has 2 aromatic rings. The fraction of sp³-hybridized carbons (Fsp3) is 0.333. The number of benzene rings is 2. The van der Waals surface area contributed by atoms with Gasteiger partial charge in [0.05, 0.1) is 30.4 Å². The summed E-state index contributed by atoms with van der Waals surface area (Å²) >= 11 is 0. The van der Waals surface area contributed by atoms with E-state index in [1.807, 2.05) is 24.1 Å². The van der Waals surface area contributed by atoms with Crippen molar-refractivity contribution < 1.29 is 19.2 Å². The number of carbonyl (C=O) groups excluding carboxylic acids is 1. The first-order chi connectivity index (χ1) is 15.4. The van der Waals surface area contributed by atoms with Gasteiger partial charge in [0.25, 0.3) is 5.69 Å². The summed E-state index contributed by atoms with van der Waals surface area (Å²) in [6, 6.07) is 12.3. The van der Waals surface area contributed by atoms with Gasteiger partial charge >= 0.3 is 5.97 Å². The standard InChI is InChI=1S/C24H25N3O5/c1-4-32-21(28)14-15(2)26-24(17-8-11-18(12-9-17)27(29)30)19-13-10-16-6-5-7-20(31-3)22(16)23(19)25-26/h5-9,11-12,14,19,24H,4,10,13H2,1-3H3/b15-14+. The molecule has 8 heteroatoms. The Morgan fingerprint density at radius 2 is 2.03 bits per heavy atom. The maximum Gasteiger partial charge on any atom is 0.332 e. The maximum atomic E-state index is 12.1. The Hall–Kier alpha value is -3.68. The largest absolute Gasteiger partial charge is 0.496 e. The average molecular weight is 435 g/mol. The number of non-ortho nitro benzene ring substituents is 1. The first-order valence-electron chi connectivity index (χ1n) is 10.6. The number of aryl methyl sites for hydroxylation is 1. The molecule has 2 aliphatic rings. The molecule has 0 saturated carbocycles. The van der Waals surface area contributed by atoms with Gasteiger partial charge in [0, 0.05) is 35.4 Å². The number of methoxy groups -OCH3 is 1. The predicted molar refractivity (Wildman–Crippen MR) is 119 cm³/mol. The van der Waals surface area contributed by atoms with E-state index < -0.39 is 10.9 Å². The summed E-state index contributed by atoms with van der Waals surface area (Å²) in [5.74, 6) is 0.383. The lowest BCUT2D eigenvalue weighted by Gasteiger charge is -2.31. The SMILES string of the molecule is CCOC(=O)/C=C(\C)N1N=C2c3c(cccc3OC)CCC2C1c1ccc([N+](=O)[O-])cc1. The van der Waals surface area contributed by atoms with Crippen LogP contribution >= 0.6 is 0 Å². The number of rotatable bonds is 6. The monoisotopic (exact) mass is 435 g/mol. The van der Waals surface area contributed by atoms with Crippen molar-refractivity contribution in [1.29, 1.82) is 0 Å². The molecular formula is C24H25N3O5. The molecule has 1 aliphatic heterocycles. The van der Waals surface area contributed by atoms with Crippen LogP contribution in [0.1, 0.15) is 43.0 Å². The lowest BCUT2D eigenvalue weighted by atomic mass is 9.77. The number of hydrazone groups is 1. The van der Waals surface area contributed by atoms with E-state index in [0.717, 1.165) is 35.4 Å². The predicted octanol–water partition coefficient (Wildman–Crippen LogP) is 4.39. The molecule has 0 fully saturated rings. The zero-order chi connectivity index (χ0) is 22.8. The van der Waals surface area contributed by atoms with E-state index in [-0.39, 0.29) is 24.3 Å². The summed E-state index contributed by atoms with van der Waals surface area (Å²) in [6.07, 6.45) is 3.17. The van der Waals surface area contributed by atoms with Crippen LogP contribution < -0.4 is 4.74 Å². The van der Waals surface area contributed by atoms with E-state index in [0.29, 0.717) is 5.70 Å². The molecule has 0 amide bonds. The molecule has 166 valence electrons. The van der Waals surface area contributed by atoms with Gasteiger partial charge in [0.1, 0.15) is 5.75 Å². The second-order valence-electron chi connectivity index (χ2n) is 7.80. The van der Waals surface area contributed by atoms with Crippen LogP contribution in [0.2, 0.25) is 0 Å². The van der Waals surface area contributed by atoms with E-state index in [9.17, 15) is 14.9 Å². The number of esters is 1. The lowest BCUT2D eigenvalue weighted by molar-refractivity contribution is -0.384. The minimum atomic E-state index is -0.430. The van der Waals surface area contributed by atoms with Crippen LogP contribution in [-0.4, -0.2) is 35.3 Å². The first-order valence-corrected chi connectivity index (χ1v) is 10.6. The highest BCUT2D eigenvalue weighted by atomic mass is 16.6. The average Bonchev–Trinajstić information content (AvgIpc) is 3.18. The molecular weight excluding hydrogens is 410 g/mol. The van der Waals surface area contributed by atoms with Crippen molar-refractivity contribution in [2.24, 2.45) is 11.0 Å². The Bertz CT molecular complexity index is 1090. The molecule has 1 aliphatic carbocycles. The molecule has 2 unspecified atom stereocenters. The van der Waals surface area contributed by atoms with E-state index in [1.54, 1.807) is 26.2 Å². The number of hydrogen-bond acceptors (Lipinski definition) is 7. The topological polar surface area (TPSA) is 94.3 Å². The summed E-state index contributed by atoms with van der Waals surface area (Å²) in [4.78, 5) is 22.8. The molecule has 0 bridgehead atoms. The highest BCUT2D eigenvalue weighted by Crippen LogP contribution is 2.46. The van der Waals surface area contributed by atoms with Crippen molar-refractivity contribution in [2.45, 2.75) is 32.7 Å². The Morgan fingerprint density at radius 3 is 2.69 bits per heavy atom. The number of allylic oxidation sites excluding steroid dienone is 1. The van der Waals surface area contributed by atoms with Crippen molar-refractivity contribution in [3.05, 3.63) is 81.0 Å². The number of nitro groups is 1. The molecule has 1 heterocycles. The normalized spacial score (nSPS) is 19.7. The fourth-order valence-electron chi connectivity index (χ4n) is 4.54. The molecule has 8 nitrogen and oxygen atoms in total. The third kappa shape index (κ3) is 3.84. The van der Waals surface area contributed by atoms with Crippen molar-refractivity contribution in [2.75, 3.05) is 13.7 Å². The summed E-state index contributed by atoms with van der Waals surface area (Å²) in [7, 11) is 1.65. The van der Waals surface area contributed by atoms with Crippen molar-refractivity contribution in [3.63, 3.8) is 0 Å². The van der Waals surface area contributed by atoms with Gasteiger partial charge in [0.2, 0.25) is 0 Å². The Kier molecular flexibility index (Phi) is 5.94. The minimum absolute atomic E-state index is 0.0360. The molecule has 2 atom stereocenters. The molecule has 0 spiro atoms. The van der Waals surface area contributed by atoms with Crippen molar-refractivity contribution in [3.8, 4) is 5.75 Å². The Balaban J connectivity index is 1.81. The molecule has 0 aromatic heterocycles. The molecule has 0 saturated heterocycles. The van der Waals surface area contributed by atoms with Gasteiger partial charge in [-0.05, 0) is 43.9 Å². The third-order valence-corrected chi connectivity index (χ3v) is 5.94. The van der Waals surface area contributed by atoms with E-state index in [2.05, 4.69) is 6.07 Å². The minimum Gasteiger partial charge on any atom is -0.496 e. The fourth-order valence-corrected chi connectivity index (χ4v) is 4.54. The van der Waals surface area contributed by atoms with Gasteiger partial charge in [0.15, 0.2) is 0 Å². The van der Waals surface area contributed by atoms with Crippen molar-refractivity contribution >= 4 is 17.4 Å². The van der Waals surface area contributed by atoms with E-state index in [4.69, 9.17) is 14.6 Å². The van der Waals surface area contributed by atoms with Gasteiger partial charge in [-0.1, -0.05) is 24.3 Å². The molecule has 32 heavy (non-hydrogen) atoms. The first kappa shape index (κ1) is 21.5. The van der Waals surface area contributed by atoms with E-state index >= 15 is 0 Å².